The largest absolute Gasteiger partial charge is 0.472 e. The summed E-state index contributed by atoms with van der Waals surface area (Å²) in [4.78, 5) is 26.3. The van der Waals surface area contributed by atoms with Gasteiger partial charge in [0.05, 0.1) is 23.8 Å². The molecule has 0 saturated carbocycles. The van der Waals surface area contributed by atoms with Crippen LogP contribution in [-0.2, 0) is 9.53 Å². The Balaban J connectivity index is 2.08. The summed E-state index contributed by atoms with van der Waals surface area (Å²) in [6.07, 6.45) is 3.97. The van der Waals surface area contributed by atoms with E-state index in [1.807, 2.05) is 0 Å². The van der Waals surface area contributed by atoms with Crippen LogP contribution < -0.4 is 4.90 Å². The number of fused-ring (bicyclic) bond motifs is 1. The molecular formula is C18H16ClNO4. The van der Waals surface area contributed by atoms with Gasteiger partial charge in [0.15, 0.2) is 0 Å². The highest BCUT2D eigenvalue weighted by Gasteiger charge is 2.39. The Morgan fingerprint density at radius 3 is 2.67 bits per heavy atom. The molecule has 6 heteroatoms. The Kier molecular flexibility index (Phi) is 3.97. The molecule has 2 aromatic rings. The normalized spacial score (nSPS) is 15.8. The molecule has 0 bridgehead atoms. The average Bonchev–Trinajstić information content (AvgIpc) is 3.05. The maximum atomic E-state index is 12.8. The van der Waals surface area contributed by atoms with Gasteiger partial charge in [0.2, 0.25) is 0 Å². The van der Waals surface area contributed by atoms with E-state index in [0.717, 1.165) is 10.5 Å². The second kappa shape index (κ2) is 5.83. The monoisotopic (exact) mass is 345 g/mol. The van der Waals surface area contributed by atoms with Crippen molar-refractivity contribution in [1.82, 2.24) is 0 Å². The number of furan rings is 1. The number of imide groups is 1. The number of benzene rings is 1. The quantitative estimate of drug-likeness (QED) is 0.699. The average molecular weight is 346 g/mol. The molecule has 5 nitrogen and oxygen atoms in total. The van der Waals surface area contributed by atoms with Gasteiger partial charge in [-0.3, -0.25) is 4.79 Å². The Hall–Kier alpha value is -2.53. The molecule has 0 atom stereocenters. The van der Waals surface area contributed by atoms with E-state index >= 15 is 0 Å². The van der Waals surface area contributed by atoms with Crippen molar-refractivity contribution in [3.05, 3.63) is 52.9 Å². The van der Waals surface area contributed by atoms with Crippen LogP contribution in [0.3, 0.4) is 0 Å². The smallest absolute Gasteiger partial charge is 0.422 e. The van der Waals surface area contributed by atoms with E-state index in [4.69, 9.17) is 20.8 Å². The molecule has 24 heavy (non-hydrogen) atoms. The number of anilines is 1. The van der Waals surface area contributed by atoms with E-state index in [1.165, 1.54) is 12.5 Å². The van der Waals surface area contributed by atoms with Crippen molar-refractivity contribution >= 4 is 40.9 Å². The number of ether oxygens (including phenoxy) is 1. The molecule has 0 fully saturated rings. The Morgan fingerprint density at radius 1 is 1.29 bits per heavy atom. The fourth-order valence-electron chi connectivity index (χ4n) is 2.41. The van der Waals surface area contributed by atoms with E-state index in [0.29, 0.717) is 21.8 Å². The summed E-state index contributed by atoms with van der Waals surface area (Å²) in [6, 6.07) is 6.70. The van der Waals surface area contributed by atoms with Crippen molar-refractivity contribution in [3.8, 4) is 0 Å². The van der Waals surface area contributed by atoms with Crippen molar-refractivity contribution < 1.29 is 18.7 Å². The van der Waals surface area contributed by atoms with Gasteiger partial charge in [-0.2, -0.15) is 0 Å². The lowest BCUT2D eigenvalue weighted by molar-refractivity contribution is -0.112. The summed E-state index contributed by atoms with van der Waals surface area (Å²) >= 11 is 6.04. The molecule has 2 heterocycles. The summed E-state index contributed by atoms with van der Waals surface area (Å²) in [5.41, 5.74) is 1.43. The minimum absolute atomic E-state index is 0.383. The molecule has 0 unspecified atom stereocenters. The molecule has 1 aromatic carbocycles. The molecule has 124 valence electrons. The lowest BCUT2D eigenvalue weighted by Gasteiger charge is -2.23. The SMILES string of the molecule is CC(C)(C)OC(=O)N1C(=O)C(=Cc2ccoc2)c2ccc(Cl)cc21. The van der Waals surface area contributed by atoms with E-state index in [-0.39, 0.29) is 0 Å². The van der Waals surface area contributed by atoms with E-state index in [1.54, 1.807) is 51.1 Å². The Morgan fingerprint density at radius 2 is 2.04 bits per heavy atom. The first-order valence-corrected chi connectivity index (χ1v) is 7.75. The van der Waals surface area contributed by atoms with Gasteiger partial charge in [-0.05, 0) is 45.0 Å². The molecule has 1 aliphatic heterocycles. The number of halogens is 1. The maximum Gasteiger partial charge on any atom is 0.422 e. The van der Waals surface area contributed by atoms with E-state index in [2.05, 4.69) is 0 Å². The molecule has 0 saturated heterocycles. The van der Waals surface area contributed by atoms with Crippen LogP contribution >= 0.6 is 11.6 Å². The Bertz CT molecular complexity index is 831. The summed E-state index contributed by atoms with van der Waals surface area (Å²) in [5, 5.41) is 0.430. The van der Waals surface area contributed by atoms with E-state index in [9.17, 15) is 9.59 Å². The van der Waals surface area contributed by atoms with Gasteiger partial charge in [0.25, 0.3) is 5.91 Å². The zero-order valence-electron chi connectivity index (χ0n) is 13.5. The van der Waals surface area contributed by atoms with Gasteiger partial charge >= 0.3 is 6.09 Å². The molecule has 0 spiro atoms. The lowest BCUT2D eigenvalue weighted by Crippen LogP contribution is -2.38. The molecule has 0 radical (unpaired) electrons. The predicted octanol–water partition coefficient (Wildman–Crippen LogP) is 4.76. The zero-order valence-corrected chi connectivity index (χ0v) is 14.3. The number of carbonyl (C=O) groups is 2. The first kappa shape index (κ1) is 16.3. The van der Waals surface area contributed by atoms with Crippen LogP contribution in [0.15, 0.2) is 41.2 Å². The molecule has 0 aliphatic carbocycles. The van der Waals surface area contributed by atoms with Crippen LogP contribution in [-0.4, -0.2) is 17.6 Å². The first-order chi connectivity index (χ1) is 11.3. The molecule has 0 N–H and O–H groups in total. The van der Waals surface area contributed by atoms with Gasteiger partial charge in [-0.1, -0.05) is 17.7 Å². The van der Waals surface area contributed by atoms with Crippen molar-refractivity contribution in [3.63, 3.8) is 0 Å². The summed E-state index contributed by atoms with van der Waals surface area (Å²) in [6.45, 7) is 5.23. The molecule has 2 amide bonds. The van der Waals surface area contributed by atoms with Gasteiger partial charge < -0.3 is 9.15 Å². The fraction of sp³-hybridized carbons (Fsp3) is 0.222. The van der Waals surface area contributed by atoms with Crippen molar-refractivity contribution in [2.45, 2.75) is 26.4 Å². The molecule has 1 aliphatic rings. The molecular weight excluding hydrogens is 330 g/mol. The van der Waals surface area contributed by atoms with Crippen LogP contribution in [0, 0.1) is 0 Å². The summed E-state index contributed by atoms with van der Waals surface area (Å²) in [7, 11) is 0. The highest BCUT2D eigenvalue weighted by Crippen LogP contribution is 2.40. The molecule has 3 rings (SSSR count). The summed E-state index contributed by atoms with van der Waals surface area (Å²) in [5.74, 6) is -0.456. The van der Waals surface area contributed by atoms with Crippen LogP contribution in [0.5, 0.6) is 0 Å². The number of hydrogen-bond acceptors (Lipinski definition) is 4. The van der Waals surface area contributed by atoms with Crippen molar-refractivity contribution in [1.29, 1.82) is 0 Å². The summed E-state index contributed by atoms with van der Waals surface area (Å²) < 4.78 is 10.4. The van der Waals surface area contributed by atoms with Crippen LogP contribution in [0.25, 0.3) is 11.6 Å². The second-order valence-electron chi connectivity index (χ2n) is 6.40. The fourth-order valence-corrected chi connectivity index (χ4v) is 2.58. The molecule has 1 aromatic heterocycles. The minimum Gasteiger partial charge on any atom is -0.472 e. The number of hydrogen-bond donors (Lipinski definition) is 0. The third kappa shape index (κ3) is 3.08. The predicted molar refractivity (Wildman–Crippen MR) is 91.8 cm³/mol. The number of nitrogens with zero attached hydrogens (tertiary/aromatic N) is 1. The van der Waals surface area contributed by atoms with Crippen LogP contribution in [0.2, 0.25) is 5.02 Å². The van der Waals surface area contributed by atoms with Gasteiger partial charge in [-0.15, -0.1) is 0 Å². The lowest BCUT2D eigenvalue weighted by atomic mass is 10.1. The minimum atomic E-state index is -0.730. The van der Waals surface area contributed by atoms with Gasteiger partial charge in [0, 0.05) is 16.1 Å². The number of rotatable bonds is 1. The Labute approximate surface area is 144 Å². The second-order valence-corrected chi connectivity index (χ2v) is 6.83. The van der Waals surface area contributed by atoms with Gasteiger partial charge in [-0.25, -0.2) is 9.69 Å². The first-order valence-electron chi connectivity index (χ1n) is 7.37. The van der Waals surface area contributed by atoms with Crippen molar-refractivity contribution in [2.75, 3.05) is 4.90 Å². The van der Waals surface area contributed by atoms with Crippen LogP contribution in [0.4, 0.5) is 10.5 Å². The zero-order chi connectivity index (χ0) is 17.5. The van der Waals surface area contributed by atoms with E-state index < -0.39 is 17.6 Å². The highest BCUT2D eigenvalue weighted by molar-refractivity contribution is 6.42. The van der Waals surface area contributed by atoms with Crippen LogP contribution in [0.1, 0.15) is 31.9 Å². The third-order valence-electron chi connectivity index (χ3n) is 3.35. The third-order valence-corrected chi connectivity index (χ3v) is 3.59. The standard InChI is InChI=1S/C18H16ClNO4/c1-18(2,3)24-17(22)20-15-9-12(19)4-5-13(15)14(16(20)21)8-11-6-7-23-10-11/h4-10H,1-3H3. The number of amides is 2. The topological polar surface area (TPSA) is 59.8 Å². The van der Waals surface area contributed by atoms with Crippen molar-refractivity contribution in [2.24, 2.45) is 0 Å². The highest BCUT2D eigenvalue weighted by atomic mass is 35.5. The number of carbonyl (C=O) groups excluding carboxylic acids is 2. The van der Waals surface area contributed by atoms with Gasteiger partial charge in [0.1, 0.15) is 5.60 Å². The maximum absolute atomic E-state index is 12.8.